The largest absolute Gasteiger partial charge is 0.486 e. The molecular weight excluding hydrogens is 428 g/mol. The molecule has 0 saturated carbocycles. The minimum atomic E-state index is -1.02. The van der Waals surface area contributed by atoms with Crippen molar-refractivity contribution in [1.82, 2.24) is 4.98 Å². The van der Waals surface area contributed by atoms with E-state index >= 15 is 0 Å². The van der Waals surface area contributed by atoms with Crippen LogP contribution < -0.4 is 10.1 Å². The number of hydrogen-bond acceptors (Lipinski definition) is 7. The van der Waals surface area contributed by atoms with Gasteiger partial charge in [0.05, 0.1) is 17.8 Å². The number of ether oxygens (including phenoxy) is 2. The van der Waals surface area contributed by atoms with E-state index in [1.54, 1.807) is 29.6 Å². The van der Waals surface area contributed by atoms with Crippen LogP contribution in [0.15, 0.2) is 53.9 Å². The number of anilines is 1. The van der Waals surface area contributed by atoms with Gasteiger partial charge < -0.3 is 14.8 Å². The van der Waals surface area contributed by atoms with Gasteiger partial charge in [-0.05, 0) is 45.0 Å². The molecule has 0 fully saturated rings. The summed E-state index contributed by atoms with van der Waals surface area (Å²) in [6.07, 6.45) is -1.08. The molecule has 7 nitrogen and oxygen atoms in total. The summed E-state index contributed by atoms with van der Waals surface area (Å²) >= 11 is 1.39. The first-order valence-electron chi connectivity index (χ1n) is 10.0. The Hall–Kier alpha value is -3.52. The summed E-state index contributed by atoms with van der Waals surface area (Å²) in [6, 6.07) is 14.4. The molecule has 0 aliphatic heterocycles. The van der Waals surface area contributed by atoms with E-state index in [0.717, 1.165) is 16.3 Å². The molecule has 2 aromatic carbocycles. The van der Waals surface area contributed by atoms with Crippen molar-refractivity contribution in [2.75, 3.05) is 5.32 Å². The zero-order chi connectivity index (χ0) is 23.1. The number of carbonyl (C=O) groups is 3. The van der Waals surface area contributed by atoms with Crippen molar-refractivity contribution >= 4 is 34.7 Å². The van der Waals surface area contributed by atoms with Crippen molar-refractivity contribution in [3.63, 3.8) is 0 Å². The molecule has 0 spiro atoms. The Morgan fingerprint density at radius 3 is 2.53 bits per heavy atom. The van der Waals surface area contributed by atoms with Crippen molar-refractivity contribution < 1.29 is 23.9 Å². The van der Waals surface area contributed by atoms with Gasteiger partial charge >= 0.3 is 5.97 Å². The van der Waals surface area contributed by atoms with E-state index in [4.69, 9.17) is 9.47 Å². The van der Waals surface area contributed by atoms with E-state index in [1.807, 2.05) is 31.2 Å². The van der Waals surface area contributed by atoms with Gasteiger partial charge in [-0.1, -0.05) is 29.8 Å². The lowest BCUT2D eigenvalue weighted by Gasteiger charge is -2.14. The molecule has 1 heterocycles. The predicted molar refractivity (Wildman–Crippen MR) is 122 cm³/mol. The van der Waals surface area contributed by atoms with Crippen molar-refractivity contribution in [1.29, 1.82) is 0 Å². The monoisotopic (exact) mass is 452 g/mol. The van der Waals surface area contributed by atoms with Crippen LogP contribution in [0.2, 0.25) is 0 Å². The van der Waals surface area contributed by atoms with Crippen LogP contribution in [0.1, 0.15) is 40.5 Å². The fraction of sp³-hybridized carbons (Fsp3) is 0.250. The van der Waals surface area contributed by atoms with Crippen LogP contribution in [0.4, 0.5) is 5.69 Å². The number of para-hydroxylation sites is 1. The van der Waals surface area contributed by atoms with E-state index in [-0.39, 0.29) is 12.2 Å². The van der Waals surface area contributed by atoms with Gasteiger partial charge in [-0.25, -0.2) is 4.98 Å². The van der Waals surface area contributed by atoms with Gasteiger partial charge in [-0.3, -0.25) is 14.4 Å². The number of esters is 1. The van der Waals surface area contributed by atoms with E-state index in [9.17, 15) is 14.4 Å². The number of nitrogens with one attached hydrogen (secondary N) is 1. The van der Waals surface area contributed by atoms with Crippen LogP contribution in [-0.2, 0) is 27.4 Å². The zero-order valence-electron chi connectivity index (χ0n) is 18.1. The number of rotatable bonds is 9. The van der Waals surface area contributed by atoms with Crippen molar-refractivity contribution in [3.8, 4) is 5.75 Å². The summed E-state index contributed by atoms with van der Waals surface area (Å²) in [7, 11) is 0. The first-order chi connectivity index (χ1) is 15.3. The van der Waals surface area contributed by atoms with Gasteiger partial charge in [-0.15, -0.1) is 11.3 Å². The quantitative estimate of drug-likeness (QED) is 0.383. The molecule has 0 aliphatic carbocycles. The summed E-state index contributed by atoms with van der Waals surface area (Å²) in [5.41, 5.74) is 2.48. The molecule has 0 radical (unpaired) electrons. The average molecular weight is 453 g/mol. The van der Waals surface area contributed by atoms with Gasteiger partial charge in [0.1, 0.15) is 17.4 Å². The number of ketones is 1. The lowest BCUT2D eigenvalue weighted by Crippen LogP contribution is -2.31. The van der Waals surface area contributed by atoms with E-state index in [1.165, 1.54) is 25.2 Å². The van der Waals surface area contributed by atoms with E-state index < -0.39 is 18.0 Å². The van der Waals surface area contributed by atoms with Gasteiger partial charge in [-0.2, -0.15) is 0 Å². The molecule has 1 unspecified atom stereocenters. The maximum atomic E-state index is 12.4. The number of hydrogen-bond donors (Lipinski definition) is 1. The third-order valence-electron chi connectivity index (χ3n) is 4.55. The van der Waals surface area contributed by atoms with Crippen molar-refractivity contribution in [2.24, 2.45) is 0 Å². The molecule has 1 aromatic heterocycles. The molecule has 0 bridgehead atoms. The molecule has 32 heavy (non-hydrogen) atoms. The number of aryl methyl sites for hydroxylation is 1. The van der Waals surface area contributed by atoms with Gasteiger partial charge in [0.25, 0.3) is 5.91 Å². The standard InChI is InChI=1S/C24H24N2O5S/c1-15-8-10-19(11-9-15)30-13-22-25-18(14-32-22)12-23(28)31-17(3)24(29)26-21-7-5-4-6-20(21)16(2)27/h4-11,14,17H,12-13H2,1-3H3,(H,26,29). The minimum absolute atomic E-state index is 0.0529. The lowest BCUT2D eigenvalue weighted by atomic mass is 10.1. The number of nitrogens with zero attached hydrogens (tertiary/aromatic N) is 1. The molecule has 166 valence electrons. The first-order valence-corrected chi connectivity index (χ1v) is 10.9. The molecular formula is C24H24N2O5S. The van der Waals surface area contributed by atoms with Crippen LogP contribution >= 0.6 is 11.3 Å². The SMILES string of the molecule is CC(=O)c1ccccc1NC(=O)C(C)OC(=O)Cc1csc(COc2ccc(C)cc2)n1. The normalized spacial score (nSPS) is 11.5. The van der Waals surface area contributed by atoms with Gasteiger partial charge in [0.2, 0.25) is 0 Å². The van der Waals surface area contributed by atoms with Crippen LogP contribution in [0.25, 0.3) is 0 Å². The van der Waals surface area contributed by atoms with Gasteiger partial charge in [0, 0.05) is 10.9 Å². The molecule has 0 aliphatic rings. The molecule has 3 aromatic rings. The maximum Gasteiger partial charge on any atom is 0.312 e. The van der Waals surface area contributed by atoms with Crippen LogP contribution in [0.5, 0.6) is 5.75 Å². The Labute approximate surface area is 190 Å². The van der Waals surface area contributed by atoms with Gasteiger partial charge in [0.15, 0.2) is 11.9 Å². The summed E-state index contributed by atoms with van der Waals surface area (Å²) in [4.78, 5) is 40.7. The topological polar surface area (TPSA) is 94.6 Å². The number of carbonyl (C=O) groups excluding carboxylic acids is 3. The van der Waals surface area contributed by atoms with E-state index in [0.29, 0.717) is 23.6 Å². The molecule has 1 amide bonds. The number of aromatic nitrogens is 1. The number of amides is 1. The number of Topliss-reactive ketones (excluding diaryl/α,β-unsaturated/α-hetero) is 1. The Morgan fingerprint density at radius 1 is 1.09 bits per heavy atom. The number of thiazole rings is 1. The second-order valence-corrected chi connectivity index (χ2v) is 8.18. The Balaban J connectivity index is 1.49. The minimum Gasteiger partial charge on any atom is -0.486 e. The third-order valence-corrected chi connectivity index (χ3v) is 5.42. The lowest BCUT2D eigenvalue weighted by molar-refractivity contribution is -0.152. The number of benzene rings is 2. The Bertz CT molecular complexity index is 1110. The van der Waals surface area contributed by atoms with Crippen LogP contribution in [-0.4, -0.2) is 28.7 Å². The maximum absolute atomic E-state index is 12.4. The third kappa shape index (κ3) is 6.49. The Kier molecular flexibility index (Phi) is 7.72. The molecule has 0 saturated heterocycles. The highest BCUT2D eigenvalue weighted by molar-refractivity contribution is 7.09. The summed E-state index contributed by atoms with van der Waals surface area (Å²) in [5, 5.41) is 5.14. The highest BCUT2D eigenvalue weighted by Crippen LogP contribution is 2.18. The summed E-state index contributed by atoms with van der Waals surface area (Å²) < 4.78 is 10.9. The van der Waals surface area contributed by atoms with Crippen molar-refractivity contribution in [3.05, 3.63) is 75.7 Å². The summed E-state index contributed by atoms with van der Waals surface area (Å²) in [5.74, 6) is -0.504. The first kappa shape index (κ1) is 23.1. The van der Waals surface area contributed by atoms with Crippen LogP contribution in [0.3, 0.4) is 0 Å². The molecule has 1 N–H and O–H groups in total. The summed E-state index contributed by atoms with van der Waals surface area (Å²) in [6.45, 7) is 5.20. The second kappa shape index (κ2) is 10.7. The fourth-order valence-corrected chi connectivity index (χ4v) is 3.55. The fourth-order valence-electron chi connectivity index (χ4n) is 2.85. The molecule has 1 atom stereocenters. The smallest absolute Gasteiger partial charge is 0.312 e. The Morgan fingerprint density at radius 2 is 1.81 bits per heavy atom. The zero-order valence-corrected chi connectivity index (χ0v) is 18.9. The average Bonchev–Trinajstić information content (AvgIpc) is 3.20. The highest BCUT2D eigenvalue weighted by atomic mass is 32.1. The van der Waals surface area contributed by atoms with Crippen LogP contribution in [0, 0.1) is 6.92 Å². The second-order valence-electron chi connectivity index (χ2n) is 7.23. The van der Waals surface area contributed by atoms with E-state index in [2.05, 4.69) is 10.3 Å². The highest BCUT2D eigenvalue weighted by Gasteiger charge is 2.20. The molecule has 3 rings (SSSR count). The van der Waals surface area contributed by atoms with Crippen molar-refractivity contribution in [2.45, 2.75) is 39.9 Å². The molecule has 8 heteroatoms. The predicted octanol–water partition coefficient (Wildman–Crippen LogP) is 4.35.